The first kappa shape index (κ1) is 27.7. The summed E-state index contributed by atoms with van der Waals surface area (Å²) in [5.41, 5.74) is 5.34. The number of pyridine rings is 2. The number of nitrogens with one attached hydrogen (secondary N) is 1. The molecule has 0 aliphatic rings. The summed E-state index contributed by atoms with van der Waals surface area (Å²) < 4.78 is 10.3. The van der Waals surface area contributed by atoms with E-state index < -0.39 is 0 Å². The lowest BCUT2D eigenvalue weighted by Crippen LogP contribution is -2.18. The quantitative estimate of drug-likeness (QED) is 0.226. The van der Waals surface area contributed by atoms with Crippen molar-refractivity contribution in [3.63, 3.8) is 0 Å². The van der Waals surface area contributed by atoms with E-state index in [9.17, 15) is 4.79 Å². The number of rotatable bonds is 4. The third-order valence-corrected chi connectivity index (χ3v) is 8.18. The summed E-state index contributed by atoms with van der Waals surface area (Å²) in [6.07, 6.45) is 1.88. The van der Waals surface area contributed by atoms with Crippen LogP contribution < -0.4 is 10.4 Å². The summed E-state index contributed by atoms with van der Waals surface area (Å²) in [7, 11) is 0. The summed E-state index contributed by atoms with van der Waals surface area (Å²) in [6.45, 7) is 13.0. The second-order valence-electron chi connectivity index (χ2n) is 13.4. The Morgan fingerprint density at radius 3 is 2.11 bits per heavy atom. The molecule has 0 saturated heterocycles. The Morgan fingerprint density at radius 1 is 0.659 bits per heavy atom. The predicted molar refractivity (Wildman–Crippen MR) is 178 cm³/mol. The number of fused-ring (bicyclic) bond motifs is 4. The molecule has 0 radical (unpaired) electrons. The van der Waals surface area contributed by atoms with E-state index in [1.54, 1.807) is 4.57 Å². The van der Waals surface area contributed by atoms with Gasteiger partial charge in [0.2, 0.25) is 5.88 Å². The first-order chi connectivity index (χ1) is 21.0. The van der Waals surface area contributed by atoms with Crippen LogP contribution in [0.15, 0.2) is 102 Å². The molecule has 0 bridgehead atoms. The Balaban J connectivity index is 1.39. The Labute approximate surface area is 255 Å². The summed E-state index contributed by atoms with van der Waals surface area (Å²) in [5.74, 6) is 2.42. The lowest BCUT2D eigenvalue weighted by atomic mass is 9.87. The molecule has 7 aromatic rings. The number of ether oxygens (including phenoxy) is 1. The van der Waals surface area contributed by atoms with Crippen molar-refractivity contribution < 1.29 is 4.74 Å². The highest BCUT2D eigenvalue weighted by atomic mass is 16.5. The Kier molecular flexibility index (Phi) is 6.25. The molecule has 4 aromatic heterocycles. The van der Waals surface area contributed by atoms with Gasteiger partial charge in [-0.3, -0.25) is 4.57 Å². The van der Waals surface area contributed by atoms with Crippen molar-refractivity contribution in [3.8, 4) is 23.3 Å². The lowest BCUT2D eigenvalue weighted by molar-refractivity contribution is 0.458. The average molecular weight is 582 g/mol. The standard InChI is InChI=1S/C37H35N5O2/c1-36(2,3)23-17-18-38-32(19-23)41-29-13-9-7-11-26(29)27-16-15-25(22-31(27)41)44-34-21-24(37(4,5)6)20-33(40-34)42-30-14-10-8-12-28(30)39-35(42)43/h7-22H,1-6H3,(H,39,43). The van der Waals surface area contributed by atoms with Crippen molar-refractivity contribution in [1.29, 1.82) is 0 Å². The minimum Gasteiger partial charge on any atom is -0.439 e. The van der Waals surface area contributed by atoms with Crippen molar-refractivity contribution in [2.45, 2.75) is 52.4 Å². The third kappa shape index (κ3) is 4.74. The number of aromatic amines is 1. The number of para-hydroxylation sites is 3. The van der Waals surface area contributed by atoms with Crippen LogP contribution in [0.4, 0.5) is 0 Å². The van der Waals surface area contributed by atoms with Crippen LogP contribution in [0.2, 0.25) is 0 Å². The molecular weight excluding hydrogens is 546 g/mol. The van der Waals surface area contributed by atoms with Gasteiger partial charge in [0.25, 0.3) is 0 Å². The van der Waals surface area contributed by atoms with Crippen LogP contribution in [0, 0.1) is 0 Å². The van der Waals surface area contributed by atoms with Gasteiger partial charge in [-0.1, -0.05) is 71.9 Å². The van der Waals surface area contributed by atoms with Gasteiger partial charge in [-0.15, -0.1) is 0 Å². The summed E-state index contributed by atoms with van der Waals surface area (Å²) in [4.78, 5) is 25.7. The number of H-pyrrole nitrogens is 1. The fourth-order valence-corrected chi connectivity index (χ4v) is 5.76. The van der Waals surface area contributed by atoms with E-state index in [4.69, 9.17) is 14.7 Å². The molecule has 0 aliphatic carbocycles. The van der Waals surface area contributed by atoms with Crippen molar-refractivity contribution in [3.05, 3.63) is 119 Å². The fourth-order valence-electron chi connectivity index (χ4n) is 5.76. The van der Waals surface area contributed by atoms with Crippen molar-refractivity contribution in [2.24, 2.45) is 0 Å². The lowest BCUT2D eigenvalue weighted by Gasteiger charge is -2.21. The zero-order valence-electron chi connectivity index (χ0n) is 25.8. The van der Waals surface area contributed by atoms with Crippen LogP contribution >= 0.6 is 0 Å². The Hall–Kier alpha value is -5.17. The summed E-state index contributed by atoms with van der Waals surface area (Å²) >= 11 is 0. The van der Waals surface area contributed by atoms with E-state index in [0.29, 0.717) is 17.4 Å². The van der Waals surface area contributed by atoms with Gasteiger partial charge in [-0.05, 0) is 70.5 Å². The number of nitrogens with zero attached hydrogens (tertiary/aromatic N) is 4. The Bertz CT molecular complexity index is 2260. The van der Waals surface area contributed by atoms with Gasteiger partial charge < -0.3 is 9.72 Å². The molecule has 0 atom stereocenters. The molecule has 0 spiro atoms. The van der Waals surface area contributed by atoms with Crippen LogP contribution in [0.3, 0.4) is 0 Å². The molecule has 7 nitrogen and oxygen atoms in total. The van der Waals surface area contributed by atoms with Gasteiger partial charge in [0, 0.05) is 29.1 Å². The number of aromatic nitrogens is 5. The second-order valence-corrected chi connectivity index (χ2v) is 13.4. The van der Waals surface area contributed by atoms with Gasteiger partial charge in [0.1, 0.15) is 17.4 Å². The zero-order chi connectivity index (χ0) is 30.8. The zero-order valence-corrected chi connectivity index (χ0v) is 25.8. The van der Waals surface area contributed by atoms with Gasteiger partial charge in [0.05, 0.1) is 22.1 Å². The molecular formula is C37H35N5O2. The largest absolute Gasteiger partial charge is 0.439 e. The van der Waals surface area contributed by atoms with Crippen LogP contribution in [0.1, 0.15) is 52.7 Å². The number of hydrogen-bond donors (Lipinski definition) is 1. The number of imidazole rings is 1. The van der Waals surface area contributed by atoms with Gasteiger partial charge in [-0.2, -0.15) is 4.98 Å². The number of benzene rings is 3. The monoisotopic (exact) mass is 581 g/mol. The minimum atomic E-state index is -0.244. The molecule has 0 amide bonds. The highest BCUT2D eigenvalue weighted by Gasteiger charge is 2.21. The molecule has 44 heavy (non-hydrogen) atoms. The molecule has 3 aromatic carbocycles. The molecule has 0 saturated carbocycles. The van der Waals surface area contributed by atoms with Crippen LogP contribution in [0.25, 0.3) is 44.5 Å². The maximum absolute atomic E-state index is 13.1. The van der Waals surface area contributed by atoms with Crippen LogP contribution in [0.5, 0.6) is 11.6 Å². The SMILES string of the molecule is CC(C)(C)c1cc(Oc2ccc3c4ccccc4n(-c4cc(C(C)(C)C)ccn4)c3c2)nc(-n2c(=O)[nH]c3ccccc32)c1. The topological polar surface area (TPSA) is 77.7 Å². The van der Waals surface area contributed by atoms with Crippen molar-refractivity contribution in [2.75, 3.05) is 0 Å². The average Bonchev–Trinajstić information content (AvgIpc) is 3.49. The molecule has 0 aliphatic heterocycles. The Morgan fingerprint density at radius 2 is 1.34 bits per heavy atom. The second kappa shape index (κ2) is 9.95. The molecule has 7 rings (SSSR count). The van der Waals surface area contributed by atoms with Gasteiger partial charge >= 0.3 is 5.69 Å². The third-order valence-electron chi connectivity index (χ3n) is 8.18. The van der Waals surface area contributed by atoms with Gasteiger partial charge in [0.15, 0.2) is 0 Å². The van der Waals surface area contributed by atoms with E-state index in [1.807, 2.05) is 54.7 Å². The first-order valence-electron chi connectivity index (χ1n) is 14.9. The van der Waals surface area contributed by atoms with E-state index in [2.05, 4.69) is 93.6 Å². The highest BCUT2D eigenvalue weighted by Crippen LogP contribution is 2.36. The summed E-state index contributed by atoms with van der Waals surface area (Å²) in [6, 6.07) is 30.3. The van der Waals surface area contributed by atoms with E-state index in [0.717, 1.165) is 44.2 Å². The van der Waals surface area contributed by atoms with Crippen molar-refractivity contribution >= 4 is 32.8 Å². The van der Waals surface area contributed by atoms with Crippen LogP contribution in [-0.2, 0) is 10.8 Å². The molecule has 1 N–H and O–H groups in total. The fraction of sp³-hybridized carbons (Fsp3) is 0.216. The van der Waals surface area contributed by atoms with Crippen molar-refractivity contribution in [1.82, 2.24) is 24.1 Å². The van der Waals surface area contributed by atoms with E-state index in [1.165, 1.54) is 5.56 Å². The molecule has 4 heterocycles. The van der Waals surface area contributed by atoms with Gasteiger partial charge in [-0.25, -0.2) is 14.3 Å². The minimum absolute atomic E-state index is 0.0150. The smallest absolute Gasteiger partial charge is 0.332 e. The normalized spacial score (nSPS) is 12.4. The predicted octanol–water partition coefficient (Wildman–Crippen LogP) is 8.59. The first-order valence-corrected chi connectivity index (χ1v) is 14.9. The maximum Gasteiger partial charge on any atom is 0.332 e. The molecule has 0 unspecified atom stereocenters. The van der Waals surface area contributed by atoms with E-state index >= 15 is 0 Å². The molecule has 220 valence electrons. The van der Waals surface area contributed by atoms with Crippen LogP contribution in [-0.4, -0.2) is 24.1 Å². The maximum atomic E-state index is 13.1. The number of hydrogen-bond acceptors (Lipinski definition) is 4. The summed E-state index contributed by atoms with van der Waals surface area (Å²) in [5, 5.41) is 2.25. The molecule has 0 fully saturated rings. The molecule has 7 heteroatoms. The highest BCUT2D eigenvalue weighted by molar-refractivity contribution is 6.09. The van der Waals surface area contributed by atoms with E-state index in [-0.39, 0.29) is 16.5 Å².